The SMILES string of the molecule is CC(C)OC(=O)Nc1ccc(-c2ccn[nH]2)cc1. The number of nitrogens with zero attached hydrogens (tertiary/aromatic N) is 1. The molecule has 0 unspecified atom stereocenters. The Bertz CT molecular complexity index is 504. The van der Waals surface area contributed by atoms with Crippen LogP contribution in [0.3, 0.4) is 0 Å². The standard InChI is InChI=1S/C13H15N3O2/c1-9(2)18-13(17)15-11-5-3-10(4-6-11)12-7-8-14-16-12/h3-9H,1-2H3,(H,14,16)(H,15,17). The molecule has 1 heterocycles. The van der Waals surface area contributed by atoms with Crippen LogP contribution < -0.4 is 5.32 Å². The second-order valence-corrected chi connectivity index (χ2v) is 4.13. The van der Waals surface area contributed by atoms with Gasteiger partial charge in [0, 0.05) is 11.9 Å². The zero-order valence-corrected chi connectivity index (χ0v) is 10.3. The third-order valence-corrected chi connectivity index (χ3v) is 2.29. The van der Waals surface area contributed by atoms with Gasteiger partial charge in [-0.3, -0.25) is 10.4 Å². The maximum atomic E-state index is 11.4. The van der Waals surface area contributed by atoms with Gasteiger partial charge in [0.15, 0.2) is 0 Å². The van der Waals surface area contributed by atoms with Gasteiger partial charge in [0.05, 0.1) is 11.8 Å². The number of benzene rings is 1. The van der Waals surface area contributed by atoms with E-state index < -0.39 is 6.09 Å². The molecule has 0 saturated heterocycles. The zero-order chi connectivity index (χ0) is 13.0. The van der Waals surface area contributed by atoms with Crippen molar-refractivity contribution in [3.8, 4) is 11.3 Å². The Kier molecular flexibility index (Phi) is 3.62. The molecule has 94 valence electrons. The van der Waals surface area contributed by atoms with E-state index >= 15 is 0 Å². The monoisotopic (exact) mass is 245 g/mol. The molecule has 0 aliphatic heterocycles. The summed E-state index contributed by atoms with van der Waals surface area (Å²) in [7, 11) is 0. The molecule has 0 spiro atoms. The lowest BCUT2D eigenvalue weighted by Crippen LogP contribution is -2.17. The lowest BCUT2D eigenvalue weighted by Gasteiger charge is -2.09. The van der Waals surface area contributed by atoms with E-state index in [1.165, 1.54) is 0 Å². The second kappa shape index (κ2) is 5.35. The molecule has 1 aromatic heterocycles. The highest BCUT2D eigenvalue weighted by atomic mass is 16.6. The molecule has 0 saturated carbocycles. The predicted octanol–water partition coefficient (Wildman–Crippen LogP) is 3.03. The number of amides is 1. The molecular weight excluding hydrogens is 230 g/mol. The van der Waals surface area contributed by atoms with E-state index in [-0.39, 0.29) is 6.10 Å². The highest BCUT2D eigenvalue weighted by molar-refractivity contribution is 5.85. The summed E-state index contributed by atoms with van der Waals surface area (Å²) in [4.78, 5) is 11.4. The summed E-state index contributed by atoms with van der Waals surface area (Å²) >= 11 is 0. The molecule has 0 aliphatic carbocycles. The molecule has 5 heteroatoms. The van der Waals surface area contributed by atoms with Crippen LogP contribution in [0.1, 0.15) is 13.8 Å². The van der Waals surface area contributed by atoms with E-state index in [2.05, 4.69) is 15.5 Å². The summed E-state index contributed by atoms with van der Waals surface area (Å²) in [5, 5.41) is 9.42. The predicted molar refractivity (Wildman–Crippen MR) is 69.3 cm³/mol. The van der Waals surface area contributed by atoms with Crippen molar-refractivity contribution in [1.29, 1.82) is 0 Å². The Hall–Kier alpha value is -2.30. The van der Waals surface area contributed by atoms with Gasteiger partial charge in [-0.05, 0) is 37.6 Å². The maximum Gasteiger partial charge on any atom is 0.411 e. The van der Waals surface area contributed by atoms with Gasteiger partial charge >= 0.3 is 6.09 Å². The fourth-order valence-electron chi connectivity index (χ4n) is 1.51. The fraction of sp³-hybridized carbons (Fsp3) is 0.231. The molecular formula is C13H15N3O2. The van der Waals surface area contributed by atoms with Crippen molar-refractivity contribution in [2.75, 3.05) is 5.32 Å². The molecule has 1 aromatic carbocycles. The van der Waals surface area contributed by atoms with E-state index in [0.29, 0.717) is 5.69 Å². The van der Waals surface area contributed by atoms with Crippen molar-refractivity contribution in [3.05, 3.63) is 36.5 Å². The van der Waals surface area contributed by atoms with Crippen LogP contribution in [0.15, 0.2) is 36.5 Å². The van der Waals surface area contributed by atoms with E-state index in [9.17, 15) is 4.79 Å². The minimum absolute atomic E-state index is 0.130. The normalized spacial score (nSPS) is 10.4. The highest BCUT2D eigenvalue weighted by Crippen LogP contribution is 2.18. The summed E-state index contributed by atoms with van der Waals surface area (Å²) in [5.41, 5.74) is 2.64. The number of anilines is 1. The molecule has 0 fully saturated rings. The summed E-state index contributed by atoms with van der Waals surface area (Å²) in [6.07, 6.45) is 1.12. The van der Waals surface area contributed by atoms with Crippen LogP contribution in [-0.4, -0.2) is 22.4 Å². The Balaban J connectivity index is 2.02. The van der Waals surface area contributed by atoms with Gasteiger partial charge in [-0.25, -0.2) is 4.79 Å². The smallest absolute Gasteiger partial charge is 0.411 e. The van der Waals surface area contributed by atoms with Crippen molar-refractivity contribution in [2.24, 2.45) is 0 Å². The quantitative estimate of drug-likeness (QED) is 0.873. The number of nitrogens with one attached hydrogen (secondary N) is 2. The minimum Gasteiger partial charge on any atom is -0.447 e. The van der Waals surface area contributed by atoms with Crippen LogP contribution in [0.25, 0.3) is 11.3 Å². The Labute approximate surface area is 105 Å². The average Bonchev–Trinajstić information content (AvgIpc) is 2.82. The number of rotatable bonds is 3. The van der Waals surface area contributed by atoms with E-state index in [0.717, 1.165) is 11.3 Å². The summed E-state index contributed by atoms with van der Waals surface area (Å²) in [6.45, 7) is 3.61. The molecule has 0 aliphatic rings. The number of aromatic amines is 1. The Morgan fingerprint density at radius 2 is 2.00 bits per heavy atom. The first-order valence-corrected chi connectivity index (χ1v) is 5.72. The van der Waals surface area contributed by atoms with Crippen LogP contribution in [0, 0.1) is 0 Å². The van der Waals surface area contributed by atoms with Gasteiger partial charge in [0.1, 0.15) is 0 Å². The van der Waals surface area contributed by atoms with Gasteiger partial charge in [0.25, 0.3) is 0 Å². The number of aromatic nitrogens is 2. The minimum atomic E-state index is -0.445. The topological polar surface area (TPSA) is 67.0 Å². The lowest BCUT2D eigenvalue weighted by atomic mass is 10.1. The third-order valence-electron chi connectivity index (χ3n) is 2.29. The van der Waals surface area contributed by atoms with Crippen molar-refractivity contribution >= 4 is 11.8 Å². The molecule has 0 bridgehead atoms. The number of carbonyl (C=O) groups excluding carboxylic acids is 1. The van der Waals surface area contributed by atoms with Crippen LogP contribution >= 0.6 is 0 Å². The van der Waals surface area contributed by atoms with Crippen molar-refractivity contribution in [1.82, 2.24) is 10.2 Å². The van der Waals surface area contributed by atoms with E-state index in [1.807, 2.05) is 30.3 Å². The van der Waals surface area contributed by atoms with Crippen molar-refractivity contribution in [2.45, 2.75) is 20.0 Å². The fourth-order valence-corrected chi connectivity index (χ4v) is 1.51. The first-order chi connectivity index (χ1) is 8.65. The average molecular weight is 245 g/mol. The van der Waals surface area contributed by atoms with Crippen LogP contribution in [-0.2, 0) is 4.74 Å². The van der Waals surface area contributed by atoms with E-state index in [1.54, 1.807) is 20.0 Å². The third kappa shape index (κ3) is 3.10. The second-order valence-electron chi connectivity index (χ2n) is 4.13. The maximum absolute atomic E-state index is 11.4. The number of carbonyl (C=O) groups is 1. The van der Waals surface area contributed by atoms with Crippen LogP contribution in [0.2, 0.25) is 0 Å². The number of hydrogen-bond donors (Lipinski definition) is 2. The highest BCUT2D eigenvalue weighted by Gasteiger charge is 2.05. The van der Waals surface area contributed by atoms with Gasteiger partial charge in [-0.15, -0.1) is 0 Å². The molecule has 0 radical (unpaired) electrons. The van der Waals surface area contributed by atoms with Gasteiger partial charge in [-0.1, -0.05) is 12.1 Å². The Morgan fingerprint density at radius 3 is 2.56 bits per heavy atom. The zero-order valence-electron chi connectivity index (χ0n) is 10.3. The lowest BCUT2D eigenvalue weighted by molar-refractivity contribution is 0.130. The van der Waals surface area contributed by atoms with Gasteiger partial charge in [-0.2, -0.15) is 5.10 Å². The van der Waals surface area contributed by atoms with E-state index in [4.69, 9.17) is 4.74 Å². The first-order valence-electron chi connectivity index (χ1n) is 5.72. The summed E-state index contributed by atoms with van der Waals surface area (Å²) in [5.74, 6) is 0. The first kappa shape index (κ1) is 12.2. The van der Waals surface area contributed by atoms with Crippen molar-refractivity contribution in [3.63, 3.8) is 0 Å². The van der Waals surface area contributed by atoms with Gasteiger partial charge < -0.3 is 4.74 Å². The van der Waals surface area contributed by atoms with Gasteiger partial charge in [0.2, 0.25) is 0 Å². The summed E-state index contributed by atoms with van der Waals surface area (Å²) in [6, 6.07) is 9.32. The van der Waals surface area contributed by atoms with Crippen molar-refractivity contribution < 1.29 is 9.53 Å². The largest absolute Gasteiger partial charge is 0.447 e. The Morgan fingerprint density at radius 1 is 1.28 bits per heavy atom. The number of ether oxygens (including phenoxy) is 1. The molecule has 2 rings (SSSR count). The molecule has 2 N–H and O–H groups in total. The molecule has 0 atom stereocenters. The van der Waals surface area contributed by atoms with Crippen LogP contribution in [0.4, 0.5) is 10.5 Å². The number of H-pyrrole nitrogens is 1. The summed E-state index contributed by atoms with van der Waals surface area (Å²) < 4.78 is 4.99. The molecule has 2 aromatic rings. The number of hydrogen-bond acceptors (Lipinski definition) is 3. The molecule has 5 nitrogen and oxygen atoms in total. The molecule has 1 amide bonds. The van der Waals surface area contributed by atoms with Crippen LogP contribution in [0.5, 0.6) is 0 Å². The molecule has 18 heavy (non-hydrogen) atoms.